The van der Waals surface area contributed by atoms with Crippen molar-refractivity contribution in [3.05, 3.63) is 40.5 Å². The number of hydrogen-bond donors (Lipinski definition) is 1. The molecule has 0 radical (unpaired) electrons. The van der Waals surface area contributed by atoms with Gasteiger partial charge >= 0.3 is 5.97 Å². The summed E-state index contributed by atoms with van der Waals surface area (Å²) in [4.78, 5) is 35.4. The van der Waals surface area contributed by atoms with Crippen LogP contribution in [0.4, 0.5) is 0 Å². The number of benzene rings is 1. The Kier molecular flexibility index (Phi) is 3.77. The Bertz CT molecular complexity index is 746. The van der Waals surface area contributed by atoms with Gasteiger partial charge in [-0.3, -0.25) is 14.4 Å². The third kappa shape index (κ3) is 2.55. The number of carbonyl (C=O) groups excluding carboxylic acids is 3. The first kappa shape index (κ1) is 15.4. The zero-order valence-corrected chi connectivity index (χ0v) is 12.8. The van der Waals surface area contributed by atoms with Gasteiger partial charge in [0.25, 0.3) is 0 Å². The average molecular weight is 316 g/mol. The number of ether oxygens (including phenoxy) is 2. The lowest BCUT2D eigenvalue weighted by Crippen LogP contribution is -2.29. The van der Waals surface area contributed by atoms with E-state index in [0.717, 1.165) is 6.08 Å². The minimum absolute atomic E-state index is 0.0260. The second kappa shape index (κ2) is 5.62. The first-order valence-corrected chi connectivity index (χ1v) is 7.30. The van der Waals surface area contributed by atoms with Crippen molar-refractivity contribution in [3.8, 4) is 5.75 Å². The summed E-state index contributed by atoms with van der Waals surface area (Å²) in [6.45, 7) is 1.74. The molecule has 0 unspecified atom stereocenters. The summed E-state index contributed by atoms with van der Waals surface area (Å²) in [6, 6.07) is 1.62. The fraction of sp³-hybridized carbons (Fsp3) is 0.353. The van der Waals surface area contributed by atoms with E-state index in [2.05, 4.69) is 4.74 Å². The fourth-order valence-corrected chi connectivity index (χ4v) is 3.17. The van der Waals surface area contributed by atoms with E-state index in [0.29, 0.717) is 17.5 Å². The number of allylic oxidation sites excluding steroid dienone is 2. The van der Waals surface area contributed by atoms with E-state index < -0.39 is 18.0 Å². The van der Waals surface area contributed by atoms with Crippen LogP contribution in [0.3, 0.4) is 0 Å². The van der Waals surface area contributed by atoms with Crippen LogP contribution in [0.5, 0.6) is 5.75 Å². The van der Waals surface area contributed by atoms with E-state index >= 15 is 0 Å². The summed E-state index contributed by atoms with van der Waals surface area (Å²) in [5.41, 5.74) is 1.43. The summed E-state index contributed by atoms with van der Waals surface area (Å²) in [5.74, 6) is -1.31. The van der Waals surface area contributed by atoms with E-state index in [1.807, 2.05) is 0 Å². The van der Waals surface area contributed by atoms with Gasteiger partial charge in [-0.05, 0) is 37.1 Å². The Morgan fingerprint density at radius 1 is 1.35 bits per heavy atom. The number of fused-ring (bicyclic) bond motifs is 2. The average Bonchev–Trinajstić information content (AvgIpc) is 2.50. The van der Waals surface area contributed by atoms with Crippen LogP contribution in [0.1, 0.15) is 51.3 Å². The van der Waals surface area contributed by atoms with Crippen LogP contribution in [0, 0.1) is 0 Å². The lowest BCUT2D eigenvalue weighted by Gasteiger charge is -2.31. The normalized spacial score (nSPS) is 22.5. The maximum absolute atomic E-state index is 12.0. The zero-order chi connectivity index (χ0) is 16.7. The SMILES string of the molecule is COC(=O)C[C@H]1Cc2cc3c(c(O)c2[C@H](C)O1)C(=O)C=CC3=O. The lowest BCUT2D eigenvalue weighted by molar-refractivity contribution is -0.145. The standard InChI is InChI=1S/C17H16O6/c1-8-15-9(5-10(23-8)7-14(20)22-2)6-11-12(18)3-4-13(19)16(11)17(15)21/h3-4,6,8,10,21H,5,7H2,1-2H3/t8-,10+/m0/s1. The molecule has 1 aromatic rings. The van der Waals surface area contributed by atoms with Gasteiger partial charge in [-0.2, -0.15) is 0 Å². The maximum Gasteiger partial charge on any atom is 0.308 e. The number of hydrogen-bond acceptors (Lipinski definition) is 6. The van der Waals surface area contributed by atoms with Gasteiger partial charge in [0.1, 0.15) is 5.75 Å². The molecular weight excluding hydrogens is 300 g/mol. The number of phenolic OH excluding ortho intramolecular Hbond substituents is 1. The maximum atomic E-state index is 12.0. The van der Waals surface area contributed by atoms with E-state index in [9.17, 15) is 19.5 Å². The van der Waals surface area contributed by atoms with E-state index in [1.165, 1.54) is 13.2 Å². The third-order valence-electron chi connectivity index (χ3n) is 4.20. The molecule has 0 saturated carbocycles. The van der Waals surface area contributed by atoms with Crippen LogP contribution >= 0.6 is 0 Å². The van der Waals surface area contributed by atoms with Gasteiger partial charge in [-0.1, -0.05) is 0 Å². The molecular formula is C17H16O6. The number of aromatic hydroxyl groups is 1. The van der Waals surface area contributed by atoms with Gasteiger partial charge in [0.2, 0.25) is 0 Å². The Morgan fingerprint density at radius 3 is 2.74 bits per heavy atom. The molecule has 0 fully saturated rings. The fourth-order valence-electron chi connectivity index (χ4n) is 3.17. The summed E-state index contributed by atoms with van der Waals surface area (Å²) in [5, 5.41) is 10.5. The van der Waals surface area contributed by atoms with Crippen molar-refractivity contribution in [1.82, 2.24) is 0 Å². The summed E-state index contributed by atoms with van der Waals surface area (Å²) in [7, 11) is 1.31. The predicted octanol–water partition coefficient (Wildman–Crippen LogP) is 1.89. The van der Waals surface area contributed by atoms with E-state index in [4.69, 9.17) is 4.74 Å². The Balaban J connectivity index is 2.05. The smallest absolute Gasteiger partial charge is 0.308 e. The Hall–Kier alpha value is -2.47. The molecule has 23 heavy (non-hydrogen) atoms. The molecule has 6 heteroatoms. The molecule has 1 aromatic carbocycles. The number of phenols is 1. The second-order valence-corrected chi connectivity index (χ2v) is 5.67. The molecule has 1 heterocycles. The molecule has 120 valence electrons. The zero-order valence-electron chi connectivity index (χ0n) is 12.8. The molecule has 3 rings (SSSR count). The lowest BCUT2D eigenvalue weighted by atomic mass is 9.84. The molecule has 0 aromatic heterocycles. The van der Waals surface area contributed by atoms with Crippen molar-refractivity contribution < 1.29 is 29.0 Å². The van der Waals surface area contributed by atoms with Crippen LogP contribution in [-0.2, 0) is 20.7 Å². The van der Waals surface area contributed by atoms with Crippen molar-refractivity contribution in [1.29, 1.82) is 0 Å². The van der Waals surface area contributed by atoms with Crippen LogP contribution in [0.25, 0.3) is 0 Å². The van der Waals surface area contributed by atoms with Gasteiger partial charge < -0.3 is 14.6 Å². The highest BCUT2D eigenvalue weighted by Crippen LogP contribution is 2.41. The van der Waals surface area contributed by atoms with Gasteiger partial charge in [0, 0.05) is 11.1 Å². The monoisotopic (exact) mass is 316 g/mol. The minimum atomic E-state index is -0.493. The highest BCUT2D eigenvalue weighted by atomic mass is 16.5. The molecule has 1 N–H and O–H groups in total. The topological polar surface area (TPSA) is 89.9 Å². The van der Waals surface area contributed by atoms with Crippen LogP contribution in [0.15, 0.2) is 18.2 Å². The van der Waals surface area contributed by atoms with Gasteiger partial charge in [0.15, 0.2) is 11.6 Å². The number of ketones is 2. The number of methoxy groups -OCH3 is 1. The molecule has 0 amide bonds. The number of carbonyl (C=O) groups is 3. The summed E-state index contributed by atoms with van der Waals surface area (Å²) < 4.78 is 10.4. The highest BCUT2D eigenvalue weighted by molar-refractivity contribution is 6.23. The molecule has 0 saturated heterocycles. The van der Waals surface area contributed by atoms with E-state index in [1.54, 1.807) is 13.0 Å². The molecule has 0 bridgehead atoms. The van der Waals surface area contributed by atoms with Gasteiger partial charge in [0.05, 0.1) is 31.3 Å². The molecule has 0 spiro atoms. The van der Waals surface area contributed by atoms with Crippen LogP contribution < -0.4 is 0 Å². The number of rotatable bonds is 2. The van der Waals surface area contributed by atoms with Crippen LogP contribution in [-0.4, -0.2) is 35.9 Å². The first-order valence-electron chi connectivity index (χ1n) is 7.30. The van der Waals surface area contributed by atoms with E-state index in [-0.39, 0.29) is 35.0 Å². The quantitative estimate of drug-likeness (QED) is 0.838. The molecule has 2 atom stereocenters. The molecule has 1 aliphatic heterocycles. The largest absolute Gasteiger partial charge is 0.507 e. The molecule has 2 aliphatic rings. The van der Waals surface area contributed by atoms with Crippen molar-refractivity contribution in [2.24, 2.45) is 0 Å². The predicted molar refractivity (Wildman–Crippen MR) is 79.5 cm³/mol. The molecule has 1 aliphatic carbocycles. The number of esters is 1. The minimum Gasteiger partial charge on any atom is -0.507 e. The Labute approximate surface area is 132 Å². The van der Waals surface area contributed by atoms with Crippen LogP contribution in [0.2, 0.25) is 0 Å². The van der Waals surface area contributed by atoms with Crippen molar-refractivity contribution in [2.45, 2.75) is 32.0 Å². The first-order chi connectivity index (χ1) is 10.9. The highest BCUT2D eigenvalue weighted by Gasteiger charge is 2.34. The second-order valence-electron chi connectivity index (χ2n) is 5.67. The molecule has 6 nitrogen and oxygen atoms in total. The Morgan fingerprint density at radius 2 is 2.04 bits per heavy atom. The van der Waals surface area contributed by atoms with Gasteiger partial charge in [-0.25, -0.2) is 0 Å². The van der Waals surface area contributed by atoms with Gasteiger partial charge in [-0.15, -0.1) is 0 Å². The summed E-state index contributed by atoms with van der Waals surface area (Å²) in [6.07, 6.45) is 1.92. The van der Waals surface area contributed by atoms with Crippen molar-refractivity contribution in [2.75, 3.05) is 7.11 Å². The summed E-state index contributed by atoms with van der Waals surface area (Å²) >= 11 is 0. The third-order valence-corrected chi connectivity index (χ3v) is 4.20. The van der Waals surface area contributed by atoms with Crippen molar-refractivity contribution >= 4 is 17.5 Å². The van der Waals surface area contributed by atoms with Crippen molar-refractivity contribution in [3.63, 3.8) is 0 Å².